The van der Waals surface area contributed by atoms with Crippen molar-refractivity contribution in [2.24, 2.45) is 11.8 Å². The van der Waals surface area contributed by atoms with Crippen LogP contribution in [0.4, 0.5) is 0 Å². The number of amides is 2. The van der Waals surface area contributed by atoms with E-state index in [9.17, 15) is 19.5 Å². The maximum Gasteiger partial charge on any atom is 0.309 e. The predicted molar refractivity (Wildman–Crippen MR) is 180 cm³/mol. The van der Waals surface area contributed by atoms with Crippen LogP contribution in [-0.4, -0.2) is 48.2 Å². The van der Waals surface area contributed by atoms with E-state index >= 15 is 0 Å². The average Bonchev–Trinajstić information content (AvgIpc) is 3.07. The van der Waals surface area contributed by atoms with E-state index in [2.05, 4.69) is 23.8 Å². The largest absolute Gasteiger partial charge is 0.489 e. The number of allylic oxidation sites excluding steroid dienone is 2. The average molecular weight is 627 g/mol. The molecule has 46 heavy (non-hydrogen) atoms. The van der Waals surface area contributed by atoms with Gasteiger partial charge in [0.2, 0.25) is 11.8 Å². The quantitative estimate of drug-likeness (QED) is 0.115. The van der Waals surface area contributed by atoms with E-state index in [4.69, 9.17) is 9.47 Å². The monoisotopic (exact) mass is 626 g/mol. The van der Waals surface area contributed by atoms with Crippen molar-refractivity contribution in [1.82, 2.24) is 10.6 Å². The molecule has 0 fully saturated rings. The Labute approximate surface area is 272 Å². The molecule has 0 radical (unpaired) electrons. The van der Waals surface area contributed by atoms with Crippen LogP contribution in [0.1, 0.15) is 42.9 Å². The molecule has 0 aliphatic heterocycles. The number of hydrogen-bond acceptors (Lipinski definition) is 6. The van der Waals surface area contributed by atoms with Crippen molar-refractivity contribution in [2.75, 3.05) is 13.2 Å². The van der Waals surface area contributed by atoms with Crippen molar-refractivity contribution >= 4 is 17.8 Å². The summed E-state index contributed by atoms with van der Waals surface area (Å²) in [6.45, 7) is 9.43. The molecule has 8 heteroatoms. The zero-order valence-electron chi connectivity index (χ0n) is 26.6. The Balaban J connectivity index is 1.71. The van der Waals surface area contributed by atoms with E-state index in [1.807, 2.05) is 84.9 Å². The van der Waals surface area contributed by atoms with Crippen LogP contribution >= 0.6 is 0 Å². The molecule has 3 aromatic carbocycles. The van der Waals surface area contributed by atoms with Gasteiger partial charge in [-0.2, -0.15) is 0 Å². The third-order valence-electron chi connectivity index (χ3n) is 7.47. The molecule has 0 bridgehead atoms. The van der Waals surface area contributed by atoms with Crippen LogP contribution in [0.25, 0.3) is 0 Å². The fourth-order valence-electron chi connectivity index (χ4n) is 4.97. The lowest BCUT2D eigenvalue weighted by Crippen LogP contribution is -2.45. The molecule has 3 rings (SSSR count). The highest BCUT2D eigenvalue weighted by Crippen LogP contribution is 2.18. The number of nitrogens with one attached hydrogen (secondary N) is 2. The zero-order chi connectivity index (χ0) is 33.1. The maximum atomic E-state index is 13.5. The number of aliphatic hydroxyl groups excluding tert-OH is 1. The normalized spacial score (nSPS) is 13.3. The lowest BCUT2D eigenvalue weighted by molar-refractivity contribution is -0.149. The molecule has 0 unspecified atom stereocenters. The van der Waals surface area contributed by atoms with Crippen LogP contribution in [0.2, 0.25) is 0 Å². The van der Waals surface area contributed by atoms with E-state index in [-0.39, 0.29) is 43.8 Å². The second-order valence-corrected chi connectivity index (χ2v) is 11.4. The van der Waals surface area contributed by atoms with Crippen LogP contribution in [0.5, 0.6) is 5.75 Å². The first-order valence-corrected chi connectivity index (χ1v) is 15.7. The minimum Gasteiger partial charge on any atom is -0.489 e. The van der Waals surface area contributed by atoms with Crippen molar-refractivity contribution in [1.29, 1.82) is 0 Å². The van der Waals surface area contributed by atoms with Gasteiger partial charge in [-0.1, -0.05) is 84.9 Å². The molecule has 3 N–H and O–H groups in total. The minimum absolute atomic E-state index is 0.0478. The highest BCUT2D eigenvalue weighted by molar-refractivity contribution is 5.86. The molecule has 0 aromatic heterocycles. The summed E-state index contributed by atoms with van der Waals surface area (Å²) in [7, 11) is 0. The Morgan fingerprint density at radius 1 is 0.783 bits per heavy atom. The number of rotatable bonds is 20. The maximum absolute atomic E-state index is 13.5. The molecule has 0 aliphatic carbocycles. The Morgan fingerprint density at radius 2 is 1.37 bits per heavy atom. The SMILES string of the molecule is C=CC[C@H](CC(=O)N[C@@H](C)CO)C(=O)N[C@H](COC(=O)[C@H](CC=C)Cc1ccccc1)Cc1ccc(OCc2ccccc2)cc1. The van der Waals surface area contributed by atoms with E-state index in [1.165, 1.54) is 0 Å². The van der Waals surface area contributed by atoms with Gasteiger partial charge in [-0.25, -0.2) is 0 Å². The van der Waals surface area contributed by atoms with Gasteiger partial charge in [-0.3, -0.25) is 14.4 Å². The number of carbonyl (C=O) groups excluding carboxylic acids is 3. The Morgan fingerprint density at radius 3 is 1.98 bits per heavy atom. The summed E-state index contributed by atoms with van der Waals surface area (Å²) in [5.41, 5.74) is 2.99. The second-order valence-electron chi connectivity index (χ2n) is 11.4. The fourth-order valence-corrected chi connectivity index (χ4v) is 4.97. The van der Waals surface area contributed by atoms with Crippen molar-refractivity contribution in [3.8, 4) is 5.75 Å². The molecule has 3 aromatic rings. The standard InChI is InChI=1S/C38H46N2O6/c1-4-12-32(24-36(42)39-28(3)25-41)37(43)40-34(27-46-38(44)33(13-5-2)22-29-14-8-6-9-15-29)23-30-18-20-35(21-19-30)45-26-31-16-10-7-11-17-31/h4-11,14-21,28,32-34,41H,1-2,12-13,22-27H2,3H3,(H,39,42)(H,40,43)/t28-,32+,33+,34-/m0/s1. The summed E-state index contributed by atoms with van der Waals surface area (Å²) in [5.74, 6) is -1.44. The van der Waals surface area contributed by atoms with Gasteiger partial charge < -0.3 is 25.2 Å². The predicted octanol–water partition coefficient (Wildman–Crippen LogP) is 5.35. The molecule has 2 amide bonds. The first-order valence-electron chi connectivity index (χ1n) is 15.7. The summed E-state index contributed by atoms with van der Waals surface area (Å²) < 4.78 is 11.7. The van der Waals surface area contributed by atoms with E-state index in [0.29, 0.717) is 31.6 Å². The van der Waals surface area contributed by atoms with Gasteiger partial charge in [-0.15, -0.1) is 13.2 Å². The van der Waals surface area contributed by atoms with Crippen LogP contribution in [-0.2, 0) is 38.6 Å². The third kappa shape index (κ3) is 12.7. The number of carbonyl (C=O) groups is 3. The van der Waals surface area contributed by atoms with Crippen molar-refractivity contribution in [3.05, 3.63) is 127 Å². The number of aliphatic hydroxyl groups is 1. The minimum atomic E-state index is -0.679. The topological polar surface area (TPSA) is 114 Å². The van der Waals surface area contributed by atoms with Crippen molar-refractivity contribution in [2.45, 2.75) is 57.7 Å². The van der Waals surface area contributed by atoms with Gasteiger partial charge in [0.15, 0.2) is 0 Å². The molecular weight excluding hydrogens is 580 g/mol. The molecule has 0 aliphatic rings. The highest BCUT2D eigenvalue weighted by Gasteiger charge is 2.26. The van der Waals surface area contributed by atoms with E-state index in [1.54, 1.807) is 19.1 Å². The van der Waals surface area contributed by atoms with E-state index < -0.39 is 23.9 Å². The first kappa shape index (κ1) is 35.8. The van der Waals surface area contributed by atoms with Crippen LogP contribution < -0.4 is 15.4 Å². The fraction of sp³-hybridized carbons (Fsp3) is 0.342. The zero-order valence-corrected chi connectivity index (χ0v) is 26.6. The van der Waals surface area contributed by atoms with Gasteiger partial charge in [0, 0.05) is 12.5 Å². The molecule has 8 nitrogen and oxygen atoms in total. The second kappa shape index (κ2) is 19.6. The summed E-state index contributed by atoms with van der Waals surface area (Å²) in [5, 5.41) is 15.0. The third-order valence-corrected chi connectivity index (χ3v) is 7.47. The number of esters is 1. The summed E-state index contributed by atoms with van der Waals surface area (Å²) >= 11 is 0. The van der Waals surface area contributed by atoms with Gasteiger partial charge in [-0.05, 0) is 61.4 Å². The molecule has 0 saturated heterocycles. The Hall–Kier alpha value is -4.69. The molecule has 4 atom stereocenters. The molecule has 0 heterocycles. The smallest absolute Gasteiger partial charge is 0.309 e. The molecule has 244 valence electrons. The lowest BCUT2D eigenvalue weighted by Gasteiger charge is -2.24. The summed E-state index contributed by atoms with van der Waals surface area (Å²) in [6, 6.07) is 26.2. The number of ether oxygens (including phenoxy) is 2. The van der Waals surface area contributed by atoms with Gasteiger partial charge in [0.05, 0.1) is 24.5 Å². The number of benzene rings is 3. The molecule has 0 spiro atoms. The highest BCUT2D eigenvalue weighted by atomic mass is 16.5. The van der Waals surface area contributed by atoms with E-state index in [0.717, 1.165) is 16.7 Å². The van der Waals surface area contributed by atoms with Crippen LogP contribution in [0, 0.1) is 11.8 Å². The number of hydrogen-bond donors (Lipinski definition) is 3. The summed E-state index contributed by atoms with van der Waals surface area (Å²) in [4.78, 5) is 39.2. The first-order chi connectivity index (χ1) is 22.3. The van der Waals surface area contributed by atoms with Crippen LogP contribution in [0.15, 0.2) is 110 Å². The van der Waals surface area contributed by atoms with Gasteiger partial charge in [0.25, 0.3) is 0 Å². The van der Waals surface area contributed by atoms with Crippen molar-refractivity contribution in [3.63, 3.8) is 0 Å². The van der Waals surface area contributed by atoms with Crippen LogP contribution in [0.3, 0.4) is 0 Å². The Bertz CT molecular complexity index is 1380. The van der Waals surface area contributed by atoms with Gasteiger partial charge >= 0.3 is 5.97 Å². The van der Waals surface area contributed by atoms with Crippen molar-refractivity contribution < 1.29 is 29.0 Å². The molecular formula is C38H46N2O6. The summed E-state index contributed by atoms with van der Waals surface area (Å²) in [6.07, 6.45) is 4.87. The lowest BCUT2D eigenvalue weighted by atomic mass is 9.96. The molecule has 0 saturated carbocycles. The van der Waals surface area contributed by atoms with Gasteiger partial charge in [0.1, 0.15) is 19.0 Å². The Kier molecular flexibility index (Phi) is 15.3.